The average Bonchev–Trinajstić information content (AvgIpc) is 2.53. The van der Waals surface area contributed by atoms with E-state index in [1.807, 2.05) is 6.07 Å². The number of carboxylic acid groups (broad SMARTS) is 2. The molecule has 2 aromatic rings. The highest BCUT2D eigenvalue weighted by molar-refractivity contribution is 6.17. The number of hydrogen-bond donors (Lipinski definition) is 2. The van der Waals surface area contributed by atoms with Gasteiger partial charge in [-0.2, -0.15) is 0 Å². The Morgan fingerprint density at radius 3 is 2.09 bits per heavy atom. The summed E-state index contributed by atoms with van der Waals surface area (Å²) in [6.45, 7) is 0. The van der Waals surface area contributed by atoms with E-state index in [1.165, 1.54) is 6.07 Å². The lowest BCUT2D eigenvalue weighted by Gasteiger charge is -2.17. The standard InChI is InChI=1S/C17H15ClO4/c18-9-8-15(11-4-6-12(7-5-11)16(19)20)13-2-1-3-14(10-13)17(21)22/h1-7,10,15H,8-9H2,(H,19,20)(H,21,22). The van der Waals surface area contributed by atoms with E-state index >= 15 is 0 Å². The van der Waals surface area contributed by atoms with E-state index in [0.29, 0.717) is 12.3 Å². The highest BCUT2D eigenvalue weighted by atomic mass is 35.5. The minimum absolute atomic E-state index is 0.0698. The van der Waals surface area contributed by atoms with Gasteiger partial charge in [-0.1, -0.05) is 24.3 Å². The van der Waals surface area contributed by atoms with Gasteiger partial charge in [0.25, 0.3) is 0 Å². The second-order valence-corrected chi connectivity index (χ2v) is 5.27. The largest absolute Gasteiger partial charge is 0.478 e. The number of aromatic carboxylic acids is 2. The van der Waals surface area contributed by atoms with Crippen molar-refractivity contribution in [3.8, 4) is 0 Å². The van der Waals surface area contributed by atoms with Crippen LogP contribution in [0.5, 0.6) is 0 Å². The summed E-state index contributed by atoms with van der Waals surface area (Å²) >= 11 is 5.87. The molecule has 0 aromatic heterocycles. The molecule has 0 aliphatic carbocycles. The average molecular weight is 319 g/mol. The van der Waals surface area contributed by atoms with Crippen LogP contribution in [-0.2, 0) is 0 Å². The molecule has 0 amide bonds. The Labute approximate surface area is 133 Å². The highest BCUT2D eigenvalue weighted by Crippen LogP contribution is 2.29. The Bertz CT molecular complexity index is 679. The van der Waals surface area contributed by atoms with Crippen LogP contribution in [0.1, 0.15) is 44.2 Å². The van der Waals surface area contributed by atoms with Crippen LogP contribution < -0.4 is 0 Å². The van der Waals surface area contributed by atoms with E-state index < -0.39 is 11.9 Å². The summed E-state index contributed by atoms with van der Waals surface area (Å²) in [7, 11) is 0. The Morgan fingerprint density at radius 1 is 0.909 bits per heavy atom. The number of benzene rings is 2. The summed E-state index contributed by atoms with van der Waals surface area (Å²) < 4.78 is 0. The maximum Gasteiger partial charge on any atom is 0.335 e. The van der Waals surface area contributed by atoms with Gasteiger partial charge < -0.3 is 10.2 Å². The number of carboxylic acids is 2. The van der Waals surface area contributed by atoms with Gasteiger partial charge in [-0.15, -0.1) is 11.6 Å². The molecule has 0 saturated carbocycles. The van der Waals surface area contributed by atoms with Crippen molar-refractivity contribution in [2.75, 3.05) is 5.88 Å². The summed E-state index contributed by atoms with van der Waals surface area (Å²) in [5, 5.41) is 18.0. The van der Waals surface area contributed by atoms with Crippen LogP contribution in [0, 0.1) is 0 Å². The minimum atomic E-state index is -0.979. The summed E-state index contributed by atoms with van der Waals surface area (Å²) in [5.41, 5.74) is 2.20. The van der Waals surface area contributed by atoms with Crippen LogP contribution in [-0.4, -0.2) is 28.0 Å². The van der Waals surface area contributed by atoms with Crippen LogP contribution in [0.4, 0.5) is 0 Å². The molecule has 0 saturated heterocycles. The molecule has 2 aromatic carbocycles. The number of halogens is 1. The first-order chi connectivity index (χ1) is 10.5. The van der Waals surface area contributed by atoms with Gasteiger partial charge in [-0.3, -0.25) is 0 Å². The fourth-order valence-corrected chi connectivity index (χ4v) is 2.60. The number of carbonyl (C=O) groups is 2. The first-order valence-electron chi connectivity index (χ1n) is 6.75. The van der Waals surface area contributed by atoms with Crippen LogP contribution >= 0.6 is 11.6 Å². The van der Waals surface area contributed by atoms with Crippen molar-refractivity contribution in [3.05, 3.63) is 70.8 Å². The zero-order valence-electron chi connectivity index (χ0n) is 11.7. The van der Waals surface area contributed by atoms with Crippen LogP contribution in [0.2, 0.25) is 0 Å². The lowest BCUT2D eigenvalue weighted by atomic mass is 9.88. The lowest BCUT2D eigenvalue weighted by molar-refractivity contribution is 0.0686. The molecular weight excluding hydrogens is 304 g/mol. The molecular formula is C17H15ClO4. The Balaban J connectivity index is 2.39. The van der Waals surface area contributed by atoms with Gasteiger partial charge in [0.2, 0.25) is 0 Å². The topological polar surface area (TPSA) is 74.6 Å². The molecule has 2 N–H and O–H groups in total. The van der Waals surface area contributed by atoms with E-state index in [-0.39, 0.29) is 17.0 Å². The van der Waals surface area contributed by atoms with Gasteiger partial charge in [0.05, 0.1) is 11.1 Å². The highest BCUT2D eigenvalue weighted by Gasteiger charge is 2.16. The van der Waals surface area contributed by atoms with Gasteiger partial charge in [-0.25, -0.2) is 9.59 Å². The normalized spacial score (nSPS) is 11.9. The molecule has 22 heavy (non-hydrogen) atoms. The first-order valence-corrected chi connectivity index (χ1v) is 7.29. The molecule has 0 aliphatic heterocycles. The molecule has 0 bridgehead atoms. The van der Waals surface area contributed by atoms with Gasteiger partial charge in [0.15, 0.2) is 0 Å². The zero-order valence-corrected chi connectivity index (χ0v) is 12.5. The van der Waals surface area contributed by atoms with Gasteiger partial charge in [0, 0.05) is 11.8 Å². The van der Waals surface area contributed by atoms with Crippen molar-refractivity contribution >= 4 is 23.5 Å². The molecule has 2 rings (SSSR count). The predicted octanol–water partition coefficient (Wildman–Crippen LogP) is 3.84. The van der Waals surface area contributed by atoms with E-state index in [2.05, 4.69) is 0 Å². The molecule has 114 valence electrons. The Hall–Kier alpha value is -2.33. The van der Waals surface area contributed by atoms with Crippen LogP contribution in [0.25, 0.3) is 0 Å². The maximum atomic E-state index is 11.1. The van der Waals surface area contributed by atoms with Crippen molar-refractivity contribution in [1.29, 1.82) is 0 Å². The number of rotatable bonds is 6. The monoisotopic (exact) mass is 318 g/mol. The van der Waals surface area contributed by atoms with Crippen molar-refractivity contribution in [3.63, 3.8) is 0 Å². The van der Waals surface area contributed by atoms with E-state index in [9.17, 15) is 9.59 Å². The predicted molar refractivity (Wildman–Crippen MR) is 84.0 cm³/mol. The molecule has 0 aliphatic rings. The molecule has 0 fully saturated rings. The van der Waals surface area contributed by atoms with Crippen molar-refractivity contribution in [2.24, 2.45) is 0 Å². The smallest absolute Gasteiger partial charge is 0.335 e. The quantitative estimate of drug-likeness (QED) is 0.793. The molecule has 1 atom stereocenters. The van der Waals surface area contributed by atoms with Crippen LogP contribution in [0.15, 0.2) is 48.5 Å². The lowest BCUT2D eigenvalue weighted by Crippen LogP contribution is -2.05. The molecule has 5 heteroatoms. The van der Waals surface area contributed by atoms with Gasteiger partial charge >= 0.3 is 11.9 Å². The molecule has 4 nitrogen and oxygen atoms in total. The number of alkyl halides is 1. The third-order valence-corrected chi connectivity index (χ3v) is 3.71. The third kappa shape index (κ3) is 3.65. The third-order valence-electron chi connectivity index (χ3n) is 3.49. The zero-order chi connectivity index (χ0) is 16.1. The summed E-state index contributed by atoms with van der Waals surface area (Å²) in [4.78, 5) is 22.0. The Kier molecular flexibility index (Phi) is 5.17. The minimum Gasteiger partial charge on any atom is -0.478 e. The van der Waals surface area contributed by atoms with Gasteiger partial charge in [0.1, 0.15) is 0 Å². The summed E-state index contributed by atoms with van der Waals surface area (Å²) in [5.74, 6) is -1.61. The van der Waals surface area contributed by atoms with Crippen LogP contribution in [0.3, 0.4) is 0 Å². The summed E-state index contributed by atoms with van der Waals surface area (Å²) in [6, 6.07) is 13.3. The van der Waals surface area contributed by atoms with Crippen molar-refractivity contribution in [1.82, 2.24) is 0 Å². The SMILES string of the molecule is O=C(O)c1ccc(C(CCCl)c2cccc(C(=O)O)c2)cc1. The van der Waals surface area contributed by atoms with E-state index in [0.717, 1.165) is 11.1 Å². The molecule has 0 spiro atoms. The van der Waals surface area contributed by atoms with E-state index in [4.69, 9.17) is 21.8 Å². The fourth-order valence-electron chi connectivity index (χ4n) is 2.38. The summed E-state index contributed by atoms with van der Waals surface area (Å²) in [6.07, 6.45) is 0.636. The Morgan fingerprint density at radius 2 is 1.55 bits per heavy atom. The first kappa shape index (κ1) is 16.0. The molecule has 0 heterocycles. The van der Waals surface area contributed by atoms with Gasteiger partial charge in [-0.05, 0) is 41.8 Å². The fraction of sp³-hybridized carbons (Fsp3) is 0.176. The number of hydrogen-bond acceptors (Lipinski definition) is 2. The van der Waals surface area contributed by atoms with E-state index in [1.54, 1.807) is 36.4 Å². The second-order valence-electron chi connectivity index (χ2n) is 4.89. The second kappa shape index (κ2) is 7.09. The van der Waals surface area contributed by atoms with Crippen molar-refractivity contribution < 1.29 is 19.8 Å². The van der Waals surface area contributed by atoms with Crippen molar-refractivity contribution in [2.45, 2.75) is 12.3 Å². The molecule has 1 unspecified atom stereocenters. The molecule has 0 radical (unpaired) electrons. The maximum absolute atomic E-state index is 11.1.